The second kappa shape index (κ2) is 10.5. The molecule has 234 valence electrons. The third-order valence-electron chi connectivity index (χ3n) is 10.3. The average molecular weight is 634 g/mol. The summed E-state index contributed by atoms with van der Waals surface area (Å²) in [5, 5.41) is 10.6. The number of rotatable bonds is 4. The van der Waals surface area contributed by atoms with Gasteiger partial charge in [0, 0.05) is 57.1 Å². The van der Waals surface area contributed by atoms with Crippen LogP contribution in [-0.2, 0) is 6.42 Å². The minimum Gasteiger partial charge on any atom is -0.403 e. The summed E-state index contributed by atoms with van der Waals surface area (Å²) < 4.78 is 11.7. The molecule has 0 amide bonds. The van der Waals surface area contributed by atoms with Gasteiger partial charge in [0.05, 0.1) is 21.6 Å². The van der Waals surface area contributed by atoms with Gasteiger partial charge in [-0.2, -0.15) is 4.57 Å². The van der Waals surface area contributed by atoms with Crippen LogP contribution < -0.4 is 37.0 Å². The first-order valence-electron chi connectivity index (χ1n) is 16.8. The molecule has 3 aromatic heterocycles. The maximum atomic E-state index is 6.25. The molecule has 6 heteroatoms. The molecule has 0 saturated carbocycles. The van der Waals surface area contributed by atoms with Gasteiger partial charge in [0.25, 0.3) is 0 Å². The quantitative estimate of drug-likeness (QED) is 0.262. The Hall–Kier alpha value is -6.49. The fraction of sp³-hybridized carbons (Fsp3) is 0.0698. The zero-order valence-corrected chi connectivity index (χ0v) is 27.1. The van der Waals surface area contributed by atoms with Crippen molar-refractivity contribution < 1.29 is 0 Å². The molecule has 0 fully saturated rings. The van der Waals surface area contributed by atoms with E-state index >= 15 is 0 Å². The molecule has 2 aliphatic heterocycles. The van der Waals surface area contributed by atoms with E-state index in [4.69, 9.17) is 10.4 Å². The lowest BCUT2D eigenvalue weighted by molar-refractivity contribution is 1.01. The molecule has 0 bridgehead atoms. The van der Waals surface area contributed by atoms with E-state index in [1.165, 1.54) is 38.8 Å². The molecule has 0 atom stereocenters. The van der Waals surface area contributed by atoms with Crippen LogP contribution >= 0.6 is 0 Å². The molecule has 2 aliphatic rings. The molecular formula is C43H33N6+. The van der Waals surface area contributed by atoms with Gasteiger partial charge in [-0.1, -0.05) is 60.7 Å². The van der Waals surface area contributed by atoms with E-state index in [1.807, 2.05) is 6.21 Å². The number of benzene rings is 5. The van der Waals surface area contributed by atoms with Crippen LogP contribution in [0, 0.1) is 0 Å². The Balaban J connectivity index is 1.10. The first-order chi connectivity index (χ1) is 24.2. The Bertz CT molecular complexity index is 2950. The zero-order chi connectivity index (χ0) is 32.6. The number of fused-ring (bicyclic) bond motifs is 7. The van der Waals surface area contributed by atoms with E-state index in [-0.39, 0.29) is 0 Å². The molecule has 0 radical (unpaired) electrons. The molecule has 5 heterocycles. The van der Waals surface area contributed by atoms with Crippen molar-refractivity contribution in [3.05, 3.63) is 142 Å². The summed E-state index contributed by atoms with van der Waals surface area (Å²) in [6.07, 6.45) is 8.90. The van der Waals surface area contributed by atoms with Crippen LogP contribution in [0.2, 0.25) is 0 Å². The molecule has 49 heavy (non-hydrogen) atoms. The second-order valence-electron chi connectivity index (χ2n) is 12.8. The van der Waals surface area contributed by atoms with Gasteiger partial charge in [0.1, 0.15) is 17.0 Å². The first kappa shape index (κ1) is 27.6. The molecule has 0 saturated heterocycles. The number of nitrogens with zero attached hydrogens (tertiary/aromatic N) is 4. The molecule has 8 aromatic rings. The van der Waals surface area contributed by atoms with Crippen molar-refractivity contribution in [3.8, 4) is 28.2 Å². The monoisotopic (exact) mass is 633 g/mol. The number of nitrogens with two attached hydrogens (primary N) is 1. The van der Waals surface area contributed by atoms with Crippen molar-refractivity contribution in [3.63, 3.8) is 0 Å². The predicted octanol–water partition coefficient (Wildman–Crippen LogP) is 5.20. The van der Waals surface area contributed by atoms with Crippen LogP contribution in [0.25, 0.3) is 79.2 Å². The third kappa shape index (κ3) is 3.92. The number of para-hydroxylation sites is 1. The van der Waals surface area contributed by atoms with Crippen molar-refractivity contribution in [1.82, 2.24) is 18.4 Å². The number of nitrogens with one attached hydrogen (secondary N) is 1. The number of anilines is 1. The largest absolute Gasteiger partial charge is 0.403 e. The average Bonchev–Trinajstić information content (AvgIpc) is 3.97. The maximum Gasteiger partial charge on any atom is 0.388 e. The van der Waals surface area contributed by atoms with Gasteiger partial charge in [0.15, 0.2) is 6.21 Å². The van der Waals surface area contributed by atoms with Crippen molar-refractivity contribution >= 4 is 63.1 Å². The van der Waals surface area contributed by atoms with Gasteiger partial charge < -0.3 is 15.6 Å². The predicted molar refractivity (Wildman–Crippen MR) is 204 cm³/mol. The summed E-state index contributed by atoms with van der Waals surface area (Å²) in [5.41, 5.74) is 17.8. The van der Waals surface area contributed by atoms with Gasteiger partial charge in [-0.25, -0.2) is 4.67 Å². The highest BCUT2D eigenvalue weighted by Crippen LogP contribution is 2.39. The maximum absolute atomic E-state index is 6.25. The fourth-order valence-corrected chi connectivity index (χ4v) is 8.12. The van der Waals surface area contributed by atoms with Gasteiger partial charge in [0.2, 0.25) is 0 Å². The highest BCUT2D eigenvalue weighted by atomic mass is 15.1. The smallest absolute Gasteiger partial charge is 0.388 e. The van der Waals surface area contributed by atoms with Gasteiger partial charge >= 0.3 is 5.49 Å². The van der Waals surface area contributed by atoms with E-state index in [0.717, 1.165) is 67.7 Å². The molecule has 10 rings (SSSR count). The third-order valence-corrected chi connectivity index (χ3v) is 10.3. The minimum atomic E-state index is 0.952. The van der Waals surface area contributed by atoms with Crippen molar-refractivity contribution in [2.45, 2.75) is 13.3 Å². The van der Waals surface area contributed by atoms with Gasteiger partial charge in [-0.15, -0.1) is 0 Å². The van der Waals surface area contributed by atoms with Crippen molar-refractivity contribution in [2.75, 3.05) is 11.9 Å². The Labute approximate surface area is 282 Å². The Morgan fingerprint density at radius 2 is 1.39 bits per heavy atom. The highest BCUT2D eigenvalue weighted by molar-refractivity contribution is 5.98. The lowest BCUT2D eigenvalue weighted by Gasteiger charge is -2.11. The van der Waals surface area contributed by atoms with Crippen LogP contribution in [0.5, 0.6) is 0 Å². The molecule has 3 N–H and O–H groups in total. The van der Waals surface area contributed by atoms with E-state index < -0.39 is 0 Å². The number of aromatic nitrogens is 3. The normalized spacial score (nSPS) is 14.1. The van der Waals surface area contributed by atoms with E-state index in [1.54, 1.807) is 6.20 Å². The summed E-state index contributed by atoms with van der Waals surface area (Å²) in [4.78, 5) is 0. The van der Waals surface area contributed by atoms with E-state index in [2.05, 4.69) is 153 Å². The molecule has 0 unspecified atom stereocenters. The standard InChI is InChI=1S/C43H33N6/c1-2-32-33-10-6-7-11-38(33)47(41(32)26-44)31-17-19-40-37(25-31)35-21-23-46-43(35)49(40)30-15-13-29(14-16-30)48-39-18-12-28(27-8-4-3-5-9-27)24-36(39)34-20-22-45-42(34)48/h2-19,21,23-26,45H,20,22,44H2,1H3/q+1/b32-2-. The van der Waals surface area contributed by atoms with Crippen LogP contribution in [-0.4, -0.2) is 26.5 Å². The Morgan fingerprint density at radius 1 is 0.673 bits per heavy atom. The van der Waals surface area contributed by atoms with Gasteiger partial charge in [-0.3, -0.25) is 4.57 Å². The Morgan fingerprint density at radius 3 is 2.20 bits per heavy atom. The lowest BCUT2D eigenvalue weighted by Crippen LogP contribution is -2.29. The zero-order valence-electron chi connectivity index (χ0n) is 27.1. The molecular weight excluding hydrogens is 601 g/mol. The summed E-state index contributed by atoms with van der Waals surface area (Å²) in [5.74, 6) is 1.20. The minimum absolute atomic E-state index is 0.952. The SMILES string of the molecule is C/C=c1\c(=C/N)n(-c2ccc3c(c2)c2c(n3-c3ccc(-n4c5c(c6cc(-c7ccccc7)ccc64)CCN5)cc3)=[N+]=CC=2)c2ccccc12. The number of hydrogen-bond acceptors (Lipinski definition) is 2. The topological polar surface area (TPSA) is 66.9 Å². The number of hydrogen-bond donors (Lipinski definition) is 2. The fourth-order valence-electron chi connectivity index (χ4n) is 8.12. The second-order valence-corrected chi connectivity index (χ2v) is 12.8. The van der Waals surface area contributed by atoms with Crippen LogP contribution in [0.4, 0.5) is 5.82 Å². The van der Waals surface area contributed by atoms with Gasteiger partial charge in [-0.05, 0) is 85.1 Å². The summed E-state index contributed by atoms with van der Waals surface area (Å²) in [6.45, 7) is 3.02. The summed E-state index contributed by atoms with van der Waals surface area (Å²) in [6, 6.07) is 41.5. The first-order valence-corrected chi connectivity index (χ1v) is 16.8. The molecule has 0 aliphatic carbocycles. The molecule has 0 spiro atoms. The van der Waals surface area contributed by atoms with Crippen LogP contribution in [0.15, 0.2) is 115 Å². The summed E-state index contributed by atoms with van der Waals surface area (Å²) in [7, 11) is 0. The highest BCUT2D eigenvalue weighted by Gasteiger charge is 2.25. The molecule has 6 nitrogen and oxygen atoms in total. The summed E-state index contributed by atoms with van der Waals surface area (Å²) >= 11 is 0. The van der Waals surface area contributed by atoms with Crippen molar-refractivity contribution in [1.29, 1.82) is 0 Å². The molecule has 5 aromatic carbocycles. The van der Waals surface area contributed by atoms with Crippen LogP contribution in [0.1, 0.15) is 12.5 Å². The van der Waals surface area contributed by atoms with E-state index in [9.17, 15) is 0 Å². The lowest BCUT2D eigenvalue weighted by atomic mass is 10.0. The Kier molecular flexibility index (Phi) is 5.92. The van der Waals surface area contributed by atoms with Crippen LogP contribution in [0.3, 0.4) is 0 Å². The van der Waals surface area contributed by atoms with Crippen molar-refractivity contribution in [2.24, 2.45) is 5.73 Å². The van der Waals surface area contributed by atoms with E-state index in [0.29, 0.717) is 0 Å².